The first-order valence-corrected chi connectivity index (χ1v) is 4.66. The number of carboxylic acids is 1. The van der Waals surface area contributed by atoms with E-state index in [1.54, 1.807) is 0 Å². The van der Waals surface area contributed by atoms with Gasteiger partial charge in [0, 0.05) is 12.1 Å². The van der Waals surface area contributed by atoms with E-state index in [0.29, 0.717) is 6.04 Å². The van der Waals surface area contributed by atoms with Crippen LogP contribution in [0.2, 0.25) is 0 Å². The number of hydrogen-bond acceptors (Lipinski definition) is 2. The van der Waals surface area contributed by atoms with E-state index in [1.165, 1.54) is 25.7 Å². The number of aliphatic carboxylic acids is 1. The van der Waals surface area contributed by atoms with Gasteiger partial charge in [0.25, 0.3) is 0 Å². The van der Waals surface area contributed by atoms with E-state index < -0.39 is 5.97 Å². The predicted octanol–water partition coefficient (Wildman–Crippen LogP) is 0.733. The van der Waals surface area contributed by atoms with Crippen molar-refractivity contribution in [3.8, 4) is 0 Å². The van der Waals surface area contributed by atoms with Crippen molar-refractivity contribution >= 4 is 35.5 Å². The van der Waals surface area contributed by atoms with Gasteiger partial charge in [0.1, 0.15) is 0 Å². The quantitative estimate of drug-likeness (QED) is 0.650. The Morgan fingerprint density at radius 2 is 2.08 bits per heavy atom. The molecule has 0 heterocycles. The minimum absolute atomic E-state index is 0. The van der Waals surface area contributed by atoms with Gasteiger partial charge in [0.05, 0.1) is 6.42 Å². The molecule has 0 amide bonds. The van der Waals surface area contributed by atoms with Crippen LogP contribution in [0.15, 0.2) is 0 Å². The van der Waals surface area contributed by atoms with Gasteiger partial charge in [0.15, 0.2) is 0 Å². The molecule has 13 heavy (non-hydrogen) atoms. The Morgan fingerprint density at radius 3 is 2.54 bits per heavy atom. The van der Waals surface area contributed by atoms with Crippen molar-refractivity contribution in [1.29, 1.82) is 0 Å². The van der Waals surface area contributed by atoms with Gasteiger partial charge in [-0.2, -0.15) is 0 Å². The molecule has 1 unspecified atom stereocenters. The van der Waals surface area contributed by atoms with E-state index in [0.717, 1.165) is 0 Å². The molecule has 0 aromatic rings. The van der Waals surface area contributed by atoms with Crippen molar-refractivity contribution in [2.24, 2.45) is 0 Å². The molecule has 1 fully saturated rings. The third-order valence-corrected chi connectivity index (χ3v) is 2.36. The summed E-state index contributed by atoms with van der Waals surface area (Å²) in [6.07, 6.45) is 5.24. The van der Waals surface area contributed by atoms with Gasteiger partial charge in [-0.1, -0.05) is 12.8 Å². The van der Waals surface area contributed by atoms with E-state index in [-0.39, 0.29) is 42.0 Å². The Morgan fingerprint density at radius 1 is 1.54 bits per heavy atom. The fourth-order valence-electron chi connectivity index (χ4n) is 1.82. The molecule has 0 spiro atoms. The molecule has 0 aliphatic heterocycles. The van der Waals surface area contributed by atoms with E-state index in [1.807, 2.05) is 6.92 Å². The van der Waals surface area contributed by atoms with E-state index in [4.69, 9.17) is 5.11 Å². The Labute approximate surface area is 102 Å². The molecule has 0 saturated heterocycles. The van der Waals surface area contributed by atoms with Gasteiger partial charge in [0.2, 0.25) is 0 Å². The van der Waals surface area contributed by atoms with Crippen molar-refractivity contribution in [2.45, 2.75) is 51.1 Å². The van der Waals surface area contributed by atoms with Gasteiger partial charge >= 0.3 is 35.5 Å². The van der Waals surface area contributed by atoms with Crippen molar-refractivity contribution in [2.75, 3.05) is 0 Å². The molecule has 3 nitrogen and oxygen atoms in total. The zero-order valence-electron chi connectivity index (χ0n) is 7.55. The Bertz CT molecular complexity index is 158. The Kier molecular flexibility index (Phi) is 7.05. The average molecular weight is 195 g/mol. The summed E-state index contributed by atoms with van der Waals surface area (Å²) in [5.41, 5.74) is 0. The third kappa shape index (κ3) is 5.68. The molecule has 0 aromatic carbocycles. The van der Waals surface area contributed by atoms with Crippen LogP contribution in [0.5, 0.6) is 0 Å². The molecule has 1 rings (SSSR count). The number of carbonyl (C=O) groups is 1. The second-order valence-corrected chi connectivity index (χ2v) is 3.65. The molecular weight excluding hydrogens is 177 g/mol. The van der Waals surface area contributed by atoms with Crippen LogP contribution < -0.4 is 5.32 Å². The first kappa shape index (κ1) is 13.4. The summed E-state index contributed by atoms with van der Waals surface area (Å²) >= 11 is 0. The van der Waals surface area contributed by atoms with Gasteiger partial charge in [-0.05, 0) is 19.8 Å². The van der Waals surface area contributed by atoms with E-state index >= 15 is 0 Å². The van der Waals surface area contributed by atoms with Gasteiger partial charge < -0.3 is 10.4 Å². The van der Waals surface area contributed by atoms with Crippen molar-refractivity contribution in [3.05, 3.63) is 0 Å². The second kappa shape index (κ2) is 6.82. The molecule has 0 aromatic heterocycles. The minimum atomic E-state index is -0.715. The van der Waals surface area contributed by atoms with Gasteiger partial charge in [-0.3, -0.25) is 4.79 Å². The molecule has 72 valence electrons. The fourth-order valence-corrected chi connectivity index (χ4v) is 1.82. The topological polar surface area (TPSA) is 49.3 Å². The van der Waals surface area contributed by atoms with Crippen LogP contribution in [-0.2, 0) is 4.79 Å². The van der Waals surface area contributed by atoms with Crippen LogP contribution >= 0.6 is 0 Å². The molecule has 1 aliphatic rings. The molecule has 4 heteroatoms. The molecule has 1 saturated carbocycles. The standard InChI is InChI=1S/C9H17NO2.Na.H/c1-7(6-9(11)12)10-8-4-2-3-5-8;;/h7-8,10H,2-6H2,1H3,(H,11,12);;. The molecule has 0 bridgehead atoms. The summed E-state index contributed by atoms with van der Waals surface area (Å²) in [5, 5.41) is 11.8. The van der Waals surface area contributed by atoms with Crippen LogP contribution in [0.1, 0.15) is 39.0 Å². The number of carboxylic acid groups (broad SMARTS) is 1. The predicted molar refractivity (Wildman–Crippen MR) is 54.3 cm³/mol. The van der Waals surface area contributed by atoms with Crippen LogP contribution in [0.4, 0.5) is 0 Å². The Hall–Kier alpha value is 0.430. The van der Waals surface area contributed by atoms with Gasteiger partial charge in [-0.25, -0.2) is 0 Å². The maximum atomic E-state index is 10.3. The first-order valence-electron chi connectivity index (χ1n) is 4.66. The molecule has 1 aliphatic carbocycles. The molecule has 0 radical (unpaired) electrons. The zero-order chi connectivity index (χ0) is 8.97. The van der Waals surface area contributed by atoms with Crippen LogP contribution in [-0.4, -0.2) is 52.7 Å². The van der Waals surface area contributed by atoms with E-state index in [9.17, 15) is 4.79 Å². The maximum absolute atomic E-state index is 10.3. The SMILES string of the molecule is CC(CC(=O)O)NC1CCCC1.[NaH]. The molecular formula is C9H18NNaO2. The monoisotopic (exact) mass is 195 g/mol. The molecule has 1 atom stereocenters. The number of hydrogen-bond donors (Lipinski definition) is 2. The van der Waals surface area contributed by atoms with Crippen LogP contribution in [0.25, 0.3) is 0 Å². The average Bonchev–Trinajstić information content (AvgIpc) is 2.37. The summed E-state index contributed by atoms with van der Waals surface area (Å²) in [5.74, 6) is -0.715. The van der Waals surface area contributed by atoms with Crippen LogP contribution in [0, 0.1) is 0 Å². The summed E-state index contributed by atoms with van der Waals surface area (Å²) < 4.78 is 0. The van der Waals surface area contributed by atoms with Crippen molar-refractivity contribution in [3.63, 3.8) is 0 Å². The second-order valence-electron chi connectivity index (χ2n) is 3.65. The third-order valence-electron chi connectivity index (χ3n) is 2.36. The number of rotatable bonds is 4. The number of nitrogens with one attached hydrogen (secondary N) is 1. The molecule has 2 N–H and O–H groups in total. The normalized spacial score (nSPS) is 19.5. The summed E-state index contributed by atoms with van der Waals surface area (Å²) in [7, 11) is 0. The zero-order valence-corrected chi connectivity index (χ0v) is 7.55. The fraction of sp³-hybridized carbons (Fsp3) is 0.889. The van der Waals surface area contributed by atoms with E-state index in [2.05, 4.69) is 5.32 Å². The first-order chi connectivity index (χ1) is 5.68. The van der Waals surface area contributed by atoms with Crippen molar-refractivity contribution < 1.29 is 9.90 Å². The van der Waals surface area contributed by atoms with Crippen LogP contribution in [0.3, 0.4) is 0 Å². The summed E-state index contributed by atoms with van der Waals surface area (Å²) in [6.45, 7) is 1.94. The summed E-state index contributed by atoms with van der Waals surface area (Å²) in [6, 6.07) is 0.685. The van der Waals surface area contributed by atoms with Crippen molar-refractivity contribution in [1.82, 2.24) is 5.32 Å². The van der Waals surface area contributed by atoms with Gasteiger partial charge in [-0.15, -0.1) is 0 Å². The Balaban J connectivity index is 0.00000144. The summed E-state index contributed by atoms with van der Waals surface area (Å²) in [4.78, 5) is 10.3.